The highest BCUT2D eigenvalue weighted by Crippen LogP contribution is 2.35. The lowest BCUT2D eigenvalue weighted by atomic mass is 10.0. The summed E-state index contributed by atoms with van der Waals surface area (Å²) in [5.41, 5.74) is 0.626. The van der Waals surface area contributed by atoms with Gasteiger partial charge < -0.3 is 14.6 Å². The smallest absolute Gasteiger partial charge is 0.247 e. The Bertz CT molecular complexity index is 1490. The van der Waals surface area contributed by atoms with Crippen LogP contribution in [0.1, 0.15) is 51.5 Å². The molecule has 224 valence electrons. The van der Waals surface area contributed by atoms with Gasteiger partial charge >= 0.3 is 0 Å². The molecule has 0 saturated heterocycles. The first kappa shape index (κ1) is 31.3. The predicted octanol–water partition coefficient (Wildman–Crippen LogP) is 3.72. The van der Waals surface area contributed by atoms with Crippen molar-refractivity contribution in [1.82, 2.24) is 8.61 Å². The van der Waals surface area contributed by atoms with Gasteiger partial charge in [-0.15, -0.1) is 0 Å². The molecule has 0 bridgehead atoms. The van der Waals surface area contributed by atoms with Gasteiger partial charge in [-0.2, -0.15) is 8.61 Å². The molecule has 41 heavy (non-hydrogen) atoms. The third kappa shape index (κ3) is 6.89. The second kappa shape index (κ2) is 13.1. The lowest BCUT2D eigenvalue weighted by molar-refractivity contribution is 0.0904. The summed E-state index contributed by atoms with van der Waals surface area (Å²) in [5, 5.41) is 9.89. The third-order valence-electron chi connectivity index (χ3n) is 7.96. The highest BCUT2D eigenvalue weighted by Gasteiger charge is 2.39. The van der Waals surface area contributed by atoms with Crippen LogP contribution in [0.25, 0.3) is 0 Å². The highest BCUT2D eigenvalue weighted by atomic mass is 32.2. The number of aliphatic hydroxyl groups is 1. The molecule has 0 unspecified atom stereocenters. The van der Waals surface area contributed by atoms with Crippen LogP contribution in [0.5, 0.6) is 11.5 Å². The Morgan fingerprint density at radius 3 is 2.59 bits per heavy atom. The molecule has 4 rings (SSSR count). The van der Waals surface area contributed by atoms with Crippen LogP contribution in [0.3, 0.4) is 0 Å². The maximum atomic E-state index is 13.7. The molecule has 1 aliphatic heterocycles. The first-order valence-electron chi connectivity index (χ1n) is 14.0. The summed E-state index contributed by atoms with van der Waals surface area (Å²) in [5.74, 6) is 6.92. The average Bonchev–Trinajstić information content (AvgIpc) is 3.48. The van der Waals surface area contributed by atoms with Crippen molar-refractivity contribution < 1.29 is 31.4 Å². The van der Waals surface area contributed by atoms with E-state index in [4.69, 9.17) is 9.47 Å². The van der Waals surface area contributed by atoms with Crippen molar-refractivity contribution in [3.8, 4) is 23.3 Å². The summed E-state index contributed by atoms with van der Waals surface area (Å²) < 4.78 is 68.6. The second-order valence-electron chi connectivity index (χ2n) is 11.0. The molecule has 11 heteroatoms. The molecular weight excluding hydrogens is 564 g/mol. The number of hydrogen-bond donors (Lipinski definition) is 1. The van der Waals surface area contributed by atoms with Crippen LogP contribution in [-0.2, 0) is 20.0 Å². The topological polar surface area (TPSA) is 113 Å². The van der Waals surface area contributed by atoms with Crippen molar-refractivity contribution in [2.75, 3.05) is 33.9 Å². The van der Waals surface area contributed by atoms with Gasteiger partial charge in [0.2, 0.25) is 20.0 Å². The van der Waals surface area contributed by atoms with Gasteiger partial charge in [0.05, 0.1) is 20.3 Å². The van der Waals surface area contributed by atoms with Gasteiger partial charge in [0, 0.05) is 37.5 Å². The number of benzene rings is 2. The summed E-state index contributed by atoms with van der Waals surface area (Å²) in [6.45, 7) is 3.10. The van der Waals surface area contributed by atoms with Crippen LogP contribution in [0.2, 0.25) is 0 Å². The summed E-state index contributed by atoms with van der Waals surface area (Å²) in [6, 6.07) is 10.5. The fourth-order valence-corrected chi connectivity index (χ4v) is 8.55. The Morgan fingerprint density at radius 2 is 1.90 bits per heavy atom. The van der Waals surface area contributed by atoms with Crippen molar-refractivity contribution in [3.63, 3.8) is 0 Å². The van der Waals surface area contributed by atoms with Gasteiger partial charge in [0.15, 0.2) is 0 Å². The summed E-state index contributed by atoms with van der Waals surface area (Å²) >= 11 is 0. The minimum Gasteiger partial charge on any atom is -0.495 e. The second-order valence-corrected chi connectivity index (χ2v) is 14.9. The number of fused-ring (bicyclic) bond motifs is 1. The van der Waals surface area contributed by atoms with Crippen LogP contribution < -0.4 is 9.47 Å². The van der Waals surface area contributed by atoms with Crippen LogP contribution in [0, 0.1) is 23.7 Å². The van der Waals surface area contributed by atoms with Crippen LogP contribution in [0.4, 0.5) is 0 Å². The summed E-state index contributed by atoms with van der Waals surface area (Å²) in [7, 11) is -5.09. The van der Waals surface area contributed by atoms with Gasteiger partial charge in [-0.3, -0.25) is 0 Å². The molecule has 0 spiro atoms. The Hall–Kier alpha value is -2.62. The molecule has 2 aromatic rings. The number of ether oxygens (including phenoxy) is 2. The van der Waals surface area contributed by atoms with Gasteiger partial charge in [-0.25, -0.2) is 16.8 Å². The van der Waals surface area contributed by atoms with E-state index in [0.29, 0.717) is 11.5 Å². The number of nitrogens with zero attached hydrogens (tertiary/aromatic N) is 2. The lowest BCUT2D eigenvalue weighted by Crippen LogP contribution is -2.50. The fourth-order valence-electron chi connectivity index (χ4n) is 5.38. The minimum absolute atomic E-state index is 0.0295. The number of methoxy groups -OCH3 is 1. The zero-order valence-electron chi connectivity index (χ0n) is 24.1. The Kier molecular flexibility index (Phi) is 10.0. The Morgan fingerprint density at radius 1 is 1.20 bits per heavy atom. The van der Waals surface area contributed by atoms with Crippen LogP contribution in [-0.4, -0.2) is 76.6 Å². The van der Waals surface area contributed by atoms with E-state index in [-0.39, 0.29) is 41.0 Å². The maximum absolute atomic E-state index is 13.7. The number of para-hydroxylation sites is 1. The number of hydrogen-bond acceptors (Lipinski definition) is 7. The van der Waals surface area contributed by atoms with E-state index in [0.717, 1.165) is 6.42 Å². The Labute approximate surface area is 244 Å². The quantitative estimate of drug-likeness (QED) is 0.457. The molecule has 2 aliphatic rings. The van der Waals surface area contributed by atoms with Crippen molar-refractivity contribution in [1.29, 1.82) is 0 Å². The van der Waals surface area contributed by atoms with Crippen molar-refractivity contribution in [2.24, 2.45) is 11.8 Å². The number of rotatable bonds is 8. The lowest BCUT2D eigenvalue weighted by Gasteiger charge is -2.37. The summed E-state index contributed by atoms with van der Waals surface area (Å²) in [6.07, 6.45) is 4.94. The molecule has 3 atom stereocenters. The van der Waals surface area contributed by atoms with Gasteiger partial charge in [0.1, 0.15) is 27.4 Å². The number of sulfonamides is 2. The monoisotopic (exact) mass is 604 g/mol. The van der Waals surface area contributed by atoms with Gasteiger partial charge in [-0.1, -0.05) is 43.7 Å². The van der Waals surface area contributed by atoms with Crippen LogP contribution >= 0.6 is 0 Å². The third-order valence-corrected chi connectivity index (χ3v) is 11.8. The minimum atomic E-state index is -4.02. The molecule has 0 aromatic heterocycles. The van der Waals surface area contributed by atoms with E-state index in [2.05, 4.69) is 11.8 Å². The molecule has 0 amide bonds. The van der Waals surface area contributed by atoms with E-state index in [1.807, 2.05) is 6.92 Å². The van der Waals surface area contributed by atoms with E-state index in [9.17, 15) is 21.9 Å². The zero-order chi connectivity index (χ0) is 29.8. The van der Waals surface area contributed by atoms with Crippen LogP contribution in [0.15, 0.2) is 52.3 Å². The Balaban J connectivity index is 1.70. The molecule has 1 fully saturated rings. The molecule has 9 nitrogen and oxygen atoms in total. The van der Waals surface area contributed by atoms with E-state index >= 15 is 0 Å². The molecule has 1 heterocycles. The van der Waals surface area contributed by atoms with E-state index in [1.54, 1.807) is 37.3 Å². The molecular formula is C30H40N2O7S2. The van der Waals surface area contributed by atoms with Gasteiger partial charge in [0.25, 0.3) is 0 Å². The summed E-state index contributed by atoms with van der Waals surface area (Å²) in [4.78, 5) is -0.00638. The zero-order valence-corrected chi connectivity index (χ0v) is 25.7. The highest BCUT2D eigenvalue weighted by molar-refractivity contribution is 7.89. The predicted molar refractivity (Wildman–Crippen MR) is 157 cm³/mol. The molecule has 2 aromatic carbocycles. The normalized spacial score (nSPS) is 22.1. The number of aliphatic hydroxyl groups excluding tert-OH is 1. The molecule has 0 radical (unpaired) electrons. The largest absolute Gasteiger partial charge is 0.495 e. The first-order valence-corrected chi connectivity index (χ1v) is 16.9. The van der Waals surface area contributed by atoms with E-state index < -0.39 is 38.1 Å². The number of likely N-dealkylation sites (N-methyl/N-ethyl adjacent to an activating group) is 1. The van der Waals surface area contributed by atoms with Gasteiger partial charge in [-0.05, 0) is 56.0 Å². The maximum Gasteiger partial charge on any atom is 0.247 e. The standard InChI is InChI=1S/C30H40N2O7S2/c1-22-19-32(23(2)21-33)41(36,37)30-17-16-25(13-9-12-24-10-5-6-11-24)18-27(30)39-28(22)20-31(3)40(34,35)29-15-8-7-14-26(29)38-4/h7-8,14-18,22-24,28,33H,5-6,10-12,19-21H2,1-4H3/t22-,23-,28+/m1/s1. The molecule has 1 saturated carbocycles. The van der Waals surface area contributed by atoms with Crippen molar-refractivity contribution >= 4 is 20.0 Å². The fraction of sp³-hybridized carbons (Fsp3) is 0.533. The molecule has 1 aliphatic carbocycles. The van der Waals surface area contributed by atoms with E-state index in [1.165, 1.54) is 60.6 Å². The van der Waals surface area contributed by atoms with Crippen molar-refractivity contribution in [3.05, 3.63) is 48.0 Å². The molecule has 1 N–H and O–H groups in total. The first-order chi connectivity index (χ1) is 19.5. The SMILES string of the molecule is COc1ccccc1S(=O)(=O)N(C)C[C@@H]1Oc2cc(C#CCC3CCCC3)ccc2S(=O)(=O)N([C@H](C)CO)C[C@H]1C. The van der Waals surface area contributed by atoms with Crippen molar-refractivity contribution in [2.45, 2.75) is 67.9 Å². The average molecular weight is 605 g/mol.